The van der Waals surface area contributed by atoms with Crippen molar-refractivity contribution in [1.29, 1.82) is 0 Å². The summed E-state index contributed by atoms with van der Waals surface area (Å²) in [4.78, 5) is 12.6. The fourth-order valence-electron chi connectivity index (χ4n) is 2.65. The fourth-order valence-corrected chi connectivity index (χ4v) is 2.88. The molecule has 0 bridgehead atoms. The molecule has 0 fully saturated rings. The molecule has 140 valence electrons. The van der Waals surface area contributed by atoms with Crippen molar-refractivity contribution < 1.29 is 19.0 Å². The molecule has 0 aliphatic carbocycles. The molecule has 0 aliphatic heterocycles. The predicted octanol–water partition coefficient (Wildman–Crippen LogP) is 4.64. The molecule has 1 atom stereocenters. The maximum absolute atomic E-state index is 12.6. The highest BCUT2D eigenvalue weighted by atomic mass is 35.5. The van der Waals surface area contributed by atoms with E-state index in [9.17, 15) is 4.79 Å². The highest BCUT2D eigenvalue weighted by Crippen LogP contribution is 2.31. The first-order valence-electron chi connectivity index (χ1n) is 8.49. The minimum atomic E-state index is -0.198. The molecule has 2 aromatic rings. The van der Waals surface area contributed by atoms with Crippen molar-refractivity contribution in [3.05, 3.63) is 52.5 Å². The van der Waals surface area contributed by atoms with E-state index in [0.29, 0.717) is 34.4 Å². The number of halogens is 1. The van der Waals surface area contributed by atoms with E-state index < -0.39 is 0 Å². The summed E-state index contributed by atoms with van der Waals surface area (Å²) in [6.07, 6.45) is 0.728. The average molecular weight is 378 g/mol. The van der Waals surface area contributed by atoms with Gasteiger partial charge in [-0.05, 0) is 49.2 Å². The summed E-state index contributed by atoms with van der Waals surface area (Å²) in [6, 6.07) is 10.5. The van der Waals surface area contributed by atoms with Crippen molar-refractivity contribution in [2.24, 2.45) is 0 Å². The molecule has 5 nitrogen and oxygen atoms in total. The molecule has 26 heavy (non-hydrogen) atoms. The number of methoxy groups -OCH3 is 2. The molecule has 1 N–H and O–H groups in total. The third kappa shape index (κ3) is 4.61. The van der Waals surface area contributed by atoms with Crippen molar-refractivity contribution in [3.63, 3.8) is 0 Å². The number of hydrogen-bond acceptors (Lipinski definition) is 4. The van der Waals surface area contributed by atoms with Gasteiger partial charge in [0.25, 0.3) is 5.91 Å². The molecular formula is C20H24ClNO4. The smallest absolute Gasteiger partial charge is 0.251 e. The minimum Gasteiger partial charge on any atom is -0.493 e. The van der Waals surface area contributed by atoms with E-state index in [1.165, 1.54) is 0 Å². The van der Waals surface area contributed by atoms with Crippen LogP contribution >= 0.6 is 11.6 Å². The first-order valence-corrected chi connectivity index (χ1v) is 8.86. The lowest BCUT2D eigenvalue weighted by Gasteiger charge is -2.19. The van der Waals surface area contributed by atoms with Gasteiger partial charge in [0.1, 0.15) is 5.75 Å². The lowest BCUT2D eigenvalue weighted by molar-refractivity contribution is 0.0935. The summed E-state index contributed by atoms with van der Waals surface area (Å²) in [6.45, 7) is 4.40. The van der Waals surface area contributed by atoms with Gasteiger partial charge in [0.2, 0.25) is 0 Å². The lowest BCUT2D eigenvalue weighted by Crippen LogP contribution is -2.28. The van der Waals surface area contributed by atoms with Gasteiger partial charge >= 0.3 is 0 Å². The number of ether oxygens (including phenoxy) is 3. The van der Waals surface area contributed by atoms with E-state index in [4.69, 9.17) is 25.8 Å². The van der Waals surface area contributed by atoms with Crippen LogP contribution < -0.4 is 19.5 Å². The van der Waals surface area contributed by atoms with E-state index in [2.05, 4.69) is 5.32 Å². The number of benzene rings is 2. The summed E-state index contributed by atoms with van der Waals surface area (Å²) in [5, 5.41) is 3.45. The highest BCUT2D eigenvalue weighted by molar-refractivity contribution is 6.32. The van der Waals surface area contributed by atoms with Crippen LogP contribution in [0.1, 0.15) is 42.2 Å². The Kier molecular flexibility index (Phi) is 7.16. The zero-order valence-corrected chi connectivity index (χ0v) is 16.2. The Morgan fingerprint density at radius 1 is 1.04 bits per heavy atom. The maximum Gasteiger partial charge on any atom is 0.251 e. The van der Waals surface area contributed by atoms with Crippen LogP contribution in [0.15, 0.2) is 36.4 Å². The molecule has 0 aromatic heterocycles. The van der Waals surface area contributed by atoms with Gasteiger partial charge in [-0.25, -0.2) is 0 Å². The molecule has 0 radical (unpaired) electrons. The zero-order valence-electron chi connectivity index (χ0n) is 15.5. The van der Waals surface area contributed by atoms with Crippen molar-refractivity contribution in [3.8, 4) is 17.2 Å². The molecule has 0 heterocycles. The van der Waals surface area contributed by atoms with Crippen LogP contribution in [0, 0.1) is 0 Å². The quantitative estimate of drug-likeness (QED) is 0.728. The molecular weight excluding hydrogens is 354 g/mol. The van der Waals surface area contributed by atoms with Gasteiger partial charge in [-0.1, -0.05) is 24.6 Å². The van der Waals surface area contributed by atoms with Crippen LogP contribution in [-0.2, 0) is 0 Å². The first-order chi connectivity index (χ1) is 12.5. The van der Waals surface area contributed by atoms with Crippen LogP contribution in [0.2, 0.25) is 5.02 Å². The summed E-state index contributed by atoms with van der Waals surface area (Å²) in [5.74, 6) is 1.65. The van der Waals surface area contributed by atoms with Crippen LogP contribution in [0.3, 0.4) is 0 Å². The summed E-state index contributed by atoms with van der Waals surface area (Å²) in [7, 11) is 3.18. The number of nitrogens with one attached hydrogen (secondary N) is 1. The van der Waals surface area contributed by atoms with E-state index in [-0.39, 0.29) is 11.9 Å². The van der Waals surface area contributed by atoms with Crippen LogP contribution in [0.5, 0.6) is 17.2 Å². The van der Waals surface area contributed by atoms with Crippen molar-refractivity contribution in [1.82, 2.24) is 5.32 Å². The number of hydrogen-bond donors (Lipinski definition) is 1. The largest absolute Gasteiger partial charge is 0.493 e. The van der Waals surface area contributed by atoms with Crippen LogP contribution in [-0.4, -0.2) is 26.7 Å². The molecule has 6 heteroatoms. The maximum atomic E-state index is 12.6. The third-order valence-corrected chi connectivity index (χ3v) is 4.31. The second-order valence-electron chi connectivity index (χ2n) is 5.63. The average Bonchev–Trinajstić information content (AvgIpc) is 2.67. The topological polar surface area (TPSA) is 56.8 Å². The molecule has 1 amide bonds. The van der Waals surface area contributed by atoms with Gasteiger partial charge in [-0.2, -0.15) is 0 Å². The molecule has 0 spiro atoms. The summed E-state index contributed by atoms with van der Waals surface area (Å²) < 4.78 is 16.0. The van der Waals surface area contributed by atoms with E-state index in [1.54, 1.807) is 32.4 Å². The van der Waals surface area contributed by atoms with Gasteiger partial charge < -0.3 is 19.5 Å². The third-order valence-electron chi connectivity index (χ3n) is 4.02. The number of carbonyl (C=O) groups excluding carboxylic acids is 1. The lowest BCUT2D eigenvalue weighted by atomic mass is 10.0. The number of amides is 1. The van der Waals surface area contributed by atoms with Crippen molar-refractivity contribution >= 4 is 17.5 Å². The Bertz CT molecular complexity index is 763. The zero-order chi connectivity index (χ0) is 19.1. The van der Waals surface area contributed by atoms with Crippen LogP contribution in [0.25, 0.3) is 0 Å². The normalized spacial score (nSPS) is 11.6. The number of carbonyl (C=O) groups is 1. The van der Waals surface area contributed by atoms with Crippen molar-refractivity contribution in [2.75, 3.05) is 20.8 Å². The van der Waals surface area contributed by atoms with Crippen molar-refractivity contribution in [2.45, 2.75) is 26.3 Å². The molecule has 0 saturated heterocycles. The highest BCUT2D eigenvalue weighted by Gasteiger charge is 2.17. The van der Waals surface area contributed by atoms with E-state index >= 15 is 0 Å². The Morgan fingerprint density at radius 2 is 1.73 bits per heavy atom. The summed E-state index contributed by atoms with van der Waals surface area (Å²) >= 11 is 6.18. The molecule has 0 unspecified atom stereocenters. The SMILES string of the molecule is CCOc1ccc(C(=O)N[C@H](CC)c2ccc(OC)c(OC)c2)cc1Cl. The van der Waals surface area contributed by atoms with E-state index in [1.807, 2.05) is 32.0 Å². The van der Waals surface area contributed by atoms with E-state index in [0.717, 1.165) is 12.0 Å². The minimum absolute atomic E-state index is 0.160. The monoisotopic (exact) mass is 377 g/mol. The predicted molar refractivity (Wildman–Crippen MR) is 103 cm³/mol. The Balaban J connectivity index is 2.19. The molecule has 2 aromatic carbocycles. The summed E-state index contributed by atoms with van der Waals surface area (Å²) in [5.41, 5.74) is 1.42. The molecule has 2 rings (SSSR count). The van der Waals surface area contributed by atoms with Gasteiger partial charge in [-0.3, -0.25) is 4.79 Å². The first kappa shape index (κ1) is 19.9. The number of rotatable bonds is 8. The van der Waals surface area contributed by atoms with Crippen LogP contribution in [0.4, 0.5) is 0 Å². The standard InChI is InChI=1S/C20H24ClNO4/c1-5-16(13-7-10-18(24-3)19(12-13)25-4)22-20(23)14-8-9-17(26-6-2)15(21)11-14/h7-12,16H,5-6H2,1-4H3,(H,22,23)/t16-/m1/s1. The Labute approximate surface area is 159 Å². The second-order valence-corrected chi connectivity index (χ2v) is 6.03. The second kappa shape index (κ2) is 9.34. The van der Waals surface area contributed by atoms with Gasteiger partial charge in [0, 0.05) is 5.56 Å². The fraction of sp³-hybridized carbons (Fsp3) is 0.350. The van der Waals surface area contributed by atoms with Gasteiger partial charge in [0.15, 0.2) is 11.5 Å². The Hall–Kier alpha value is -2.40. The van der Waals surface area contributed by atoms with Gasteiger partial charge in [-0.15, -0.1) is 0 Å². The molecule has 0 aliphatic rings. The Morgan fingerprint density at radius 3 is 2.31 bits per heavy atom. The molecule has 0 saturated carbocycles. The van der Waals surface area contributed by atoms with Gasteiger partial charge in [0.05, 0.1) is 31.9 Å².